The van der Waals surface area contributed by atoms with Gasteiger partial charge in [0.05, 0.1) is 11.3 Å². The number of hydrogen-bond donors (Lipinski definition) is 2. The van der Waals surface area contributed by atoms with Gasteiger partial charge in [-0.15, -0.1) is 0 Å². The normalized spacial score (nSPS) is 9.88. The molecule has 2 N–H and O–H groups in total. The topological polar surface area (TPSA) is 51.1 Å². The number of nitriles is 1. The highest BCUT2D eigenvalue weighted by molar-refractivity contribution is 7.80. The summed E-state index contributed by atoms with van der Waals surface area (Å²) in [5, 5.41) is 15.9. The molecule has 2 aromatic rings. The lowest BCUT2D eigenvalue weighted by molar-refractivity contribution is 0.779. The summed E-state index contributed by atoms with van der Waals surface area (Å²) in [4.78, 5) is 2.30. The van der Waals surface area contributed by atoms with E-state index < -0.39 is 0 Å². The Morgan fingerprint density at radius 1 is 1.21 bits per heavy atom. The first-order chi connectivity index (χ1) is 11.6. The minimum absolute atomic E-state index is 0.526. The third-order valence-electron chi connectivity index (χ3n) is 3.71. The average molecular weight is 338 g/mol. The highest BCUT2D eigenvalue weighted by Gasteiger charge is 2.06. The van der Waals surface area contributed by atoms with Crippen LogP contribution < -0.4 is 15.5 Å². The van der Waals surface area contributed by atoms with Crippen LogP contribution in [0.1, 0.15) is 18.1 Å². The summed E-state index contributed by atoms with van der Waals surface area (Å²) in [5.74, 6) is 0. The first-order valence-corrected chi connectivity index (χ1v) is 8.40. The molecule has 0 saturated heterocycles. The van der Waals surface area contributed by atoms with Crippen LogP contribution in [0.5, 0.6) is 0 Å². The number of benzene rings is 2. The van der Waals surface area contributed by atoms with E-state index in [0.717, 1.165) is 25.3 Å². The number of nitrogens with one attached hydrogen (secondary N) is 2. The van der Waals surface area contributed by atoms with Gasteiger partial charge in [-0.1, -0.05) is 24.3 Å². The molecular formula is C19H22N4S. The molecule has 0 radical (unpaired) electrons. The Kier molecular flexibility index (Phi) is 6.59. The lowest BCUT2D eigenvalue weighted by Crippen LogP contribution is -2.37. The highest BCUT2D eigenvalue weighted by atomic mass is 32.1. The van der Waals surface area contributed by atoms with Gasteiger partial charge in [0.15, 0.2) is 5.11 Å². The molecule has 0 fully saturated rings. The summed E-state index contributed by atoms with van der Waals surface area (Å²) >= 11 is 5.32. The summed E-state index contributed by atoms with van der Waals surface area (Å²) in [7, 11) is 0. The average Bonchev–Trinajstić information content (AvgIpc) is 2.59. The highest BCUT2D eigenvalue weighted by Crippen LogP contribution is 2.15. The molecule has 0 unspecified atom stereocenters. The number of aryl methyl sites for hydroxylation is 1. The first kappa shape index (κ1) is 17.8. The van der Waals surface area contributed by atoms with E-state index >= 15 is 0 Å². The molecule has 124 valence electrons. The second kappa shape index (κ2) is 8.90. The molecule has 0 atom stereocenters. The number of likely N-dealkylation sites (N-methyl/N-ethyl adjacent to an activating group) is 1. The van der Waals surface area contributed by atoms with Crippen molar-refractivity contribution in [2.24, 2.45) is 0 Å². The van der Waals surface area contributed by atoms with Crippen molar-refractivity contribution >= 4 is 28.7 Å². The maximum Gasteiger partial charge on any atom is 0.170 e. The van der Waals surface area contributed by atoms with E-state index in [1.807, 2.05) is 18.2 Å². The van der Waals surface area contributed by atoms with Crippen molar-refractivity contribution < 1.29 is 0 Å². The van der Waals surface area contributed by atoms with Gasteiger partial charge in [0.25, 0.3) is 0 Å². The quantitative estimate of drug-likeness (QED) is 0.787. The third-order valence-corrected chi connectivity index (χ3v) is 3.96. The SMILES string of the molecule is CCN(CCNC(=S)Nc1ccccc1C#N)c1cccc(C)c1. The number of rotatable bonds is 6. The van der Waals surface area contributed by atoms with Gasteiger partial charge >= 0.3 is 0 Å². The van der Waals surface area contributed by atoms with E-state index in [2.05, 4.69) is 59.7 Å². The zero-order valence-electron chi connectivity index (χ0n) is 14.0. The monoisotopic (exact) mass is 338 g/mol. The van der Waals surface area contributed by atoms with E-state index in [0.29, 0.717) is 10.7 Å². The smallest absolute Gasteiger partial charge is 0.170 e. The maximum absolute atomic E-state index is 9.10. The van der Waals surface area contributed by atoms with E-state index in [4.69, 9.17) is 17.5 Å². The molecule has 2 aromatic carbocycles. The molecule has 0 aliphatic heterocycles. The summed E-state index contributed by atoms with van der Waals surface area (Å²) in [5.41, 5.74) is 3.78. The van der Waals surface area contributed by atoms with Crippen molar-refractivity contribution in [2.45, 2.75) is 13.8 Å². The maximum atomic E-state index is 9.10. The molecule has 0 heterocycles. The van der Waals surface area contributed by atoms with Crippen LogP contribution in [0.4, 0.5) is 11.4 Å². The Morgan fingerprint density at radius 2 is 2.00 bits per heavy atom. The number of thiocarbonyl (C=S) groups is 1. The number of nitrogens with zero attached hydrogens (tertiary/aromatic N) is 2. The van der Waals surface area contributed by atoms with E-state index in [1.54, 1.807) is 6.07 Å². The molecule has 0 bridgehead atoms. The molecule has 0 spiro atoms. The largest absolute Gasteiger partial charge is 0.370 e. The fourth-order valence-electron chi connectivity index (χ4n) is 2.45. The van der Waals surface area contributed by atoms with Crippen LogP contribution in [0.3, 0.4) is 0 Å². The number of para-hydroxylation sites is 1. The van der Waals surface area contributed by atoms with Gasteiger partial charge in [-0.2, -0.15) is 5.26 Å². The summed E-state index contributed by atoms with van der Waals surface area (Å²) in [6.07, 6.45) is 0. The Morgan fingerprint density at radius 3 is 2.71 bits per heavy atom. The van der Waals surface area contributed by atoms with Gasteiger partial charge in [0.1, 0.15) is 6.07 Å². The van der Waals surface area contributed by atoms with Crippen molar-refractivity contribution in [1.82, 2.24) is 5.32 Å². The number of anilines is 2. The van der Waals surface area contributed by atoms with Crippen molar-refractivity contribution in [1.29, 1.82) is 5.26 Å². The molecule has 4 nitrogen and oxygen atoms in total. The van der Waals surface area contributed by atoms with Gasteiger partial charge in [0, 0.05) is 25.3 Å². The first-order valence-electron chi connectivity index (χ1n) is 7.99. The van der Waals surface area contributed by atoms with Gasteiger partial charge in [0.2, 0.25) is 0 Å². The minimum Gasteiger partial charge on any atom is -0.370 e. The molecule has 2 rings (SSSR count). The Balaban J connectivity index is 1.86. The molecule has 5 heteroatoms. The fraction of sp³-hybridized carbons (Fsp3) is 0.263. The Labute approximate surface area is 149 Å². The lowest BCUT2D eigenvalue weighted by Gasteiger charge is -2.24. The van der Waals surface area contributed by atoms with Crippen molar-refractivity contribution in [3.63, 3.8) is 0 Å². The molecular weight excluding hydrogens is 316 g/mol. The van der Waals surface area contributed by atoms with Crippen LogP contribution in [-0.4, -0.2) is 24.7 Å². The zero-order chi connectivity index (χ0) is 17.4. The van der Waals surface area contributed by atoms with E-state index in [9.17, 15) is 0 Å². The predicted molar refractivity (Wildman–Crippen MR) is 104 cm³/mol. The summed E-state index contributed by atoms with van der Waals surface area (Å²) < 4.78 is 0. The molecule has 24 heavy (non-hydrogen) atoms. The fourth-order valence-corrected chi connectivity index (χ4v) is 2.67. The van der Waals surface area contributed by atoms with Crippen LogP contribution in [-0.2, 0) is 0 Å². The van der Waals surface area contributed by atoms with Crippen LogP contribution in [0, 0.1) is 18.3 Å². The van der Waals surface area contributed by atoms with Gasteiger partial charge < -0.3 is 15.5 Å². The zero-order valence-corrected chi connectivity index (χ0v) is 14.9. The van der Waals surface area contributed by atoms with E-state index in [1.165, 1.54) is 11.3 Å². The van der Waals surface area contributed by atoms with Crippen LogP contribution in [0.15, 0.2) is 48.5 Å². The lowest BCUT2D eigenvalue weighted by atomic mass is 10.2. The van der Waals surface area contributed by atoms with Gasteiger partial charge in [-0.05, 0) is 55.9 Å². The standard InChI is InChI=1S/C19H22N4S/c1-3-23(17-9-6-7-15(2)13-17)12-11-21-19(24)22-18-10-5-4-8-16(18)14-20/h4-10,13H,3,11-12H2,1-2H3,(H2,21,22,24). The summed E-state index contributed by atoms with van der Waals surface area (Å²) in [6, 6.07) is 18.0. The second-order valence-corrected chi connectivity index (χ2v) is 5.87. The van der Waals surface area contributed by atoms with Gasteiger partial charge in [-0.3, -0.25) is 0 Å². The van der Waals surface area contributed by atoms with Gasteiger partial charge in [-0.25, -0.2) is 0 Å². The Hall–Kier alpha value is -2.58. The molecule has 0 aromatic heterocycles. The summed E-state index contributed by atoms with van der Waals surface area (Å²) in [6.45, 7) is 6.75. The van der Waals surface area contributed by atoms with Crippen LogP contribution >= 0.6 is 12.2 Å². The molecule has 0 aliphatic carbocycles. The minimum atomic E-state index is 0.526. The predicted octanol–water partition coefficient (Wildman–Crippen LogP) is 3.68. The molecule has 0 amide bonds. The van der Waals surface area contributed by atoms with Crippen molar-refractivity contribution in [3.05, 3.63) is 59.7 Å². The van der Waals surface area contributed by atoms with Crippen molar-refractivity contribution in [2.75, 3.05) is 29.9 Å². The third kappa shape index (κ3) is 4.97. The van der Waals surface area contributed by atoms with Crippen LogP contribution in [0.25, 0.3) is 0 Å². The molecule has 0 saturated carbocycles. The van der Waals surface area contributed by atoms with Crippen molar-refractivity contribution in [3.8, 4) is 6.07 Å². The Bertz CT molecular complexity index is 736. The second-order valence-electron chi connectivity index (χ2n) is 5.46. The molecule has 0 aliphatic rings. The van der Waals surface area contributed by atoms with Crippen LogP contribution in [0.2, 0.25) is 0 Å². The van der Waals surface area contributed by atoms with E-state index in [-0.39, 0.29) is 0 Å². The number of hydrogen-bond acceptors (Lipinski definition) is 3.